The third kappa shape index (κ3) is 4.43. The maximum atomic E-state index is 8.65. The van der Waals surface area contributed by atoms with E-state index in [1.54, 1.807) is 0 Å². The SMILES string of the molecule is CCN(C)C[C@H](C)CO. The zero-order chi connectivity index (χ0) is 7.28. The molecule has 0 bridgehead atoms. The van der Waals surface area contributed by atoms with Gasteiger partial charge < -0.3 is 10.0 Å². The molecule has 0 aromatic rings. The molecule has 56 valence electrons. The van der Waals surface area contributed by atoms with Crippen LogP contribution in [-0.4, -0.2) is 36.8 Å². The highest BCUT2D eigenvalue weighted by molar-refractivity contribution is 4.54. The lowest BCUT2D eigenvalue weighted by molar-refractivity contribution is 0.194. The summed E-state index contributed by atoms with van der Waals surface area (Å²) in [4.78, 5) is 2.20. The fraction of sp³-hybridized carbons (Fsp3) is 1.00. The summed E-state index contributed by atoms with van der Waals surface area (Å²) < 4.78 is 0. The molecule has 0 aromatic heterocycles. The predicted molar refractivity (Wildman–Crippen MR) is 39.4 cm³/mol. The van der Waals surface area contributed by atoms with Crippen molar-refractivity contribution in [2.75, 3.05) is 26.7 Å². The van der Waals surface area contributed by atoms with Crippen LogP contribution in [0.4, 0.5) is 0 Å². The highest BCUT2D eigenvalue weighted by Gasteiger charge is 2.01. The van der Waals surface area contributed by atoms with E-state index in [0.717, 1.165) is 13.1 Å². The van der Waals surface area contributed by atoms with Crippen molar-refractivity contribution in [3.63, 3.8) is 0 Å². The monoisotopic (exact) mass is 131 g/mol. The van der Waals surface area contributed by atoms with Crippen LogP contribution < -0.4 is 0 Å². The second-order valence-corrected chi connectivity index (χ2v) is 2.64. The average Bonchev–Trinajstić information content (AvgIpc) is 1.87. The minimum Gasteiger partial charge on any atom is -0.396 e. The molecule has 1 atom stereocenters. The first-order valence-corrected chi connectivity index (χ1v) is 3.50. The zero-order valence-corrected chi connectivity index (χ0v) is 6.59. The van der Waals surface area contributed by atoms with Gasteiger partial charge in [0.05, 0.1) is 0 Å². The van der Waals surface area contributed by atoms with Gasteiger partial charge in [-0.3, -0.25) is 0 Å². The van der Waals surface area contributed by atoms with Crippen molar-refractivity contribution in [2.24, 2.45) is 5.92 Å². The maximum absolute atomic E-state index is 8.65. The molecular weight excluding hydrogens is 114 g/mol. The summed E-state index contributed by atoms with van der Waals surface area (Å²) in [6.07, 6.45) is 0. The smallest absolute Gasteiger partial charge is 0.0468 e. The Labute approximate surface area is 57.5 Å². The maximum Gasteiger partial charge on any atom is 0.0468 e. The van der Waals surface area contributed by atoms with Gasteiger partial charge in [0.1, 0.15) is 0 Å². The van der Waals surface area contributed by atoms with Crippen LogP contribution in [0.1, 0.15) is 13.8 Å². The molecule has 9 heavy (non-hydrogen) atoms. The van der Waals surface area contributed by atoms with Crippen LogP contribution in [0.3, 0.4) is 0 Å². The van der Waals surface area contributed by atoms with Crippen molar-refractivity contribution in [2.45, 2.75) is 13.8 Å². The number of hydrogen-bond donors (Lipinski definition) is 1. The van der Waals surface area contributed by atoms with Gasteiger partial charge in [-0.05, 0) is 19.5 Å². The van der Waals surface area contributed by atoms with Gasteiger partial charge in [0.2, 0.25) is 0 Å². The van der Waals surface area contributed by atoms with E-state index in [9.17, 15) is 0 Å². The Kier molecular flexibility index (Phi) is 4.72. The number of aliphatic hydroxyl groups is 1. The van der Waals surface area contributed by atoms with Crippen molar-refractivity contribution < 1.29 is 5.11 Å². The molecule has 0 aliphatic carbocycles. The topological polar surface area (TPSA) is 23.5 Å². The first-order chi connectivity index (χ1) is 4.20. The summed E-state index contributed by atoms with van der Waals surface area (Å²) in [7, 11) is 2.06. The van der Waals surface area contributed by atoms with Crippen molar-refractivity contribution in [1.29, 1.82) is 0 Å². The van der Waals surface area contributed by atoms with Crippen molar-refractivity contribution in [1.82, 2.24) is 4.90 Å². The molecule has 0 saturated carbocycles. The summed E-state index contributed by atoms with van der Waals surface area (Å²) in [6.45, 7) is 6.51. The Hall–Kier alpha value is -0.0800. The van der Waals surface area contributed by atoms with Crippen LogP contribution in [0.15, 0.2) is 0 Å². The zero-order valence-electron chi connectivity index (χ0n) is 6.59. The number of hydrogen-bond acceptors (Lipinski definition) is 2. The number of aliphatic hydroxyl groups excluding tert-OH is 1. The Bertz CT molecular complexity index is 57.9. The molecule has 0 heterocycles. The van der Waals surface area contributed by atoms with Gasteiger partial charge in [-0.15, -0.1) is 0 Å². The third-order valence-corrected chi connectivity index (χ3v) is 1.47. The average molecular weight is 131 g/mol. The van der Waals surface area contributed by atoms with Crippen LogP contribution in [0.5, 0.6) is 0 Å². The highest BCUT2D eigenvalue weighted by Crippen LogP contribution is 1.94. The van der Waals surface area contributed by atoms with Crippen molar-refractivity contribution in [3.8, 4) is 0 Å². The van der Waals surface area contributed by atoms with Gasteiger partial charge in [0.25, 0.3) is 0 Å². The van der Waals surface area contributed by atoms with Crippen molar-refractivity contribution in [3.05, 3.63) is 0 Å². The van der Waals surface area contributed by atoms with Gasteiger partial charge in [-0.25, -0.2) is 0 Å². The largest absolute Gasteiger partial charge is 0.396 e. The molecule has 0 radical (unpaired) electrons. The molecule has 0 aromatic carbocycles. The van der Waals surface area contributed by atoms with Gasteiger partial charge in [0, 0.05) is 13.2 Å². The summed E-state index contributed by atoms with van der Waals surface area (Å²) in [5, 5.41) is 8.65. The molecule has 2 heteroatoms. The van der Waals surface area contributed by atoms with Crippen LogP contribution in [0.25, 0.3) is 0 Å². The van der Waals surface area contributed by atoms with E-state index in [1.807, 2.05) is 6.92 Å². The molecule has 0 aliphatic rings. The Morgan fingerprint density at radius 1 is 1.56 bits per heavy atom. The third-order valence-electron chi connectivity index (χ3n) is 1.47. The fourth-order valence-corrected chi connectivity index (χ4v) is 0.719. The summed E-state index contributed by atoms with van der Waals surface area (Å²) in [5.74, 6) is 0.412. The second kappa shape index (κ2) is 4.77. The van der Waals surface area contributed by atoms with E-state index in [0.29, 0.717) is 12.5 Å². The minimum atomic E-state index is 0.296. The molecule has 0 fully saturated rings. The van der Waals surface area contributed by atoms with E-state index >= 15 is 0 Å². The Balaban J connectivity index is 3.22. The fourth-order valence-electron chi connectivity index (χ4n) is 0.719. The van der Waals surface area contributed by atoms with E-state index < -0.39 is 0 Å². The van der Waals surface area contributed by atoms with Crippen LogP contribution in [0, 0.1) is 5.92 Å². The van der Waals surface area contributed by atoms with Gasteiger partial charge in [0.15, 0.2) is 0 Å². The van der Waals surface area contributed by atoms with Crippen LogP contribution in [-0.2, 0) is 0 Å². The van der Waals surface area contributed by atoms with Crippen LogP contribution >= 0.6 is 0 Å². The van der Waals surface area contributed by atoms with Gasteiger partial charge in [-0.2, -0.15) is 0 Å². The molecule has 0 spiro atoms. The first kappa shape index (κ1) is 8.92. The molecule has 2 nitrogen and oxygen atoms in total. The summed E-state index contributed by atoms with van der Waals surface area (Å²) >= 11 is 0. The number of rotatable bonds is 4. The Morgan fingerprint density at radius 3 is 2.44 bits per heavy atom. The quantitative estimate of drug-likeness (QED) is 0.603. The Morgan fingerprint density at radius 2 is 2.11 bits per heavy atom. The molecule has 0 rings (SSSR count). The lowest BCUT2D eigenvalue weighted by Gasteiger charge is -2.17. The molecule has 0 amide bonds. The molecule has 1 N–H and O–H groups in total. The molecular formula is C7H17NO. The molecule has 0 saturated heterocycles. The van der Waals surface area contributed by atoms with E-state index in [1.165, 1.54) is 0 Å². The van der Waals surface area contributed by atoms with Gasteiger partial charge in [-0.1, -0.05) is 13.8 Å². The van der Waals surface area contributed by atoms with E-state index in [-0.39, 0.29) is 0 Å². The lowest BCUT2D eigenvalue weighted by Crippen LogP contribution is -2.25. The normalized spacial score (nSPS) is 14.3. The van der Waals surface area contributed by atoms with E-state index in [4.69, 9.17) is 5.11 Å². The van der Waals surface area contributed by atoms with E-state index in [2.05, 4.69) is 18.9 Å². The van der Waals surface area contributed by atoms with Crippen LogP contribution in [0.2, 0.25) is 0 Å². The molecule has 0 unspecified atom stereocenters. The highest BCUT2D eigenvalue weighted by atomic mass is 16.3. The minimum absolute atomic E-state index is 0.296. The second-order valence-electron chi connectivity index (χ2n) is 2.64. The first-order valence-electron chi connectivity index (χ1n) is 3.50. The molecule has 0 aliphatic heterocycles. The van der Waals surface area contributed by atoms with Crippen molar-refractivity contribution >= 4 is 0 Å². The summed E-state index contributed by atoms with van der Waals surface area (Å²) in [5.41, 5.74) is 0. The summed E-state index contributed by atoms with van der Waals surface area (Å²) in [6, 6.07) is 0. The standard InChI is InChI=1S/C7H17NO/c1-4-8(3)5-7(2)6-9/h7,9H,4-6H2,1-3H3/t7-/m0/s1. The predicted octanol–water partition coefficient (Wildman–Crippen LogP) is 0.567. The van der Waals surface area contributed by atoms with Gasteiger partial charge >= 0.3 is 0 Å². The lowest BCUT2D eigenvalue weighted by atomic mass is 10.2. The number of nitrogens with zero attached hydrogens (tertiary/aromatic N) is 1.